The summed E-state index contributed by atoms with van der Waals surface area (Å²) in [4.78, 5) is 23.3. The standard InChI is InChI=1S/C21H25NO3/c1-15-7-4-5-8-20(15)16(2)22-21(24)9-6-14-25-19-12-10-18(11-13-19)17(3)23/h4-5,7-8,10-13,16H,6,9,14H2,1-3H3,(H,22,24). The fourth-order valence-corrected chi connectivity index (χ4v) is 2.67. The van der Waals surface area contributed by atoms with Gasteiger partial charge >= 0.3 is 0 Å². The molecule has 0 aliphatic heterocycles. The largest absolute Gasteiger partial charge is 0.494 e. The van der Waals surface area contributed by atoms with Crippen molar-refractivity contribution in [1.29, 1.82) is 0 Å². The van der Waals surface area contributed by atoms with Crippen LogP contribution >= 0.6 is 0 Å². The van der Waals surface area contributed by atoms with Crippen LogP contribution < -0.4 is 10.1 Å². The molecular formula is C21H25NO3. The Morgan fingerprint density at radius 3 is 2.40 bits per heavy atom. The van der Waals surface area contributed by atoms with Crippen molar-refractivity contribution in [3.63, 3.8) is 0 Å². The summed E-state index contributed by atoms with van der Waals surface area (Å²) >= 11 is 0. The van der Waals surface area contributed by atoms with Crippen molar-refractivity contribution < 1.29 is 14.3 Å². The zero-order valence-electron chi connectivity index (χ0n) is 15.0. The highest BCUT2D eigenvalue weighted by Gasteiger charge is 2.11. The van der Waals surface area contributed by atoms with Gasteiger partial charge in [-0.15, -0.1) is 0 Å². The van der Waals surface area contributed by atoms with Gasteiger partial charge in [-0.2, -0.15) is 0 Å². The molecule has 0 saturated heterocycles. The number of carbonyl (C=O) groups is 2. The van der Waals surface area contributed by atoms with Gasteiger partial charge in [0.05, 0.1) is 12.6 Å². The van der Waals surface area contributed by atoms with E-state index in [0.29, 0.717) is 30.8 Å². The van der Waals surface area contributed by atoms with Gasteiger partial charge in [0.1, 0.15) is 5.75 Å². The third-order valence-corrected chi connectivity index (χ3v) is 4.11. The van der Waals surface area contributed by atoms with Crippen LogP contribution in [0.4, 0.5) is 0 Å². The van der Waals surface area contributed by atoms with Crippen LogP contribution in [0.25, 0.3) is 0 Å². The number of amides is 1. The van der Waals surface area contributed by atoms with E-state index in [2.05, 4.69) is 5.32 Å². The Hall–Kier alpha value is -2.62. The number of hydrogen-bond donors (Lipinski definition) is 1. The third-order valence-electron chi connectivity index (χ3n) is 4.11. The monoisotopic (exact) mass is 339 g/mol. The van der Waals surface area contributed by atoms with Crippen LogP contribution in [-0.4, -0.2) is 18.3 Å². The number of ketones is 1. The highest BCUT2D eigenvalue weighted by atomic mass is 16.5. The summed E-state index contributed by atoms with van der Waals surface area (Å²) < 4.78 is 5.61. The minimum absolute atomic E-state index is 0.00579. The van der Waals surface area contributed by atoms with Crippen LogP contribution in [0.1, 0.15) is 54.2 Å². The van der Waals surface area contributed by atoms with E-state index in [1.54, 1.807) is 24.3 Å². The Balaban J connectivity index is 1.71. The molecular weight excluding hydrogens is 314 g/mol. The summed E-state index contributed by atoms with van der Waals surface area (Å²) in [6, 6.07) is 15.1. The van der Waals surface area contributed by atoms with E-state index >= 15 is 0 Å². The summed E-state index contributed by atoms with van der Waals surface area (Å²) in [6.07, 6.45) is 1.06. The van der Waals surface area contributed by atoms with E-state index in [0.717, 1.165) is 5.56 Å². The first kappa shape index (κ1) is 18.7. The fraction of sp³-hybridized carbons (Fsp3) is 0.333. The summed E-state index contributed by atoms with van der Waals surface area (Å²) in [5.74, 6) is 0.760. The van der Waals surface area contributed by atoms with Crippen LogP contribution in [0.3, 0.4) is 0 Å². The third kappa shape index (κ3) is 5.75. The molecule has 132 valence electrons. The van der Waals surface area contributed by atoms with Gasteiger partial charge in [0.2, 0.25) is 5.91 Å². The number of carbonyl (C=O) groups excluding carboxylic acids is 2. The van der Waals surface area contributed by atoms with Gasteiger partial charge in [-0.25, -0.2) is 0 Å². The van der Waals surface area contributed by atoms with E-state index in [1.165, 1.54) is 12.5 Å². The molecule has 0 radical (unpaired) electrons. The lowest BCUT2D eigenvalue weighted by Crippen LogP contribution is -2.27. The molecule has 4 heteroatoms. The Morgan fingerprint density at radius 1 is 1.08 bits per heavy atom. The molecule has 0 saturated carbocycles. The van der Waals surface area contributed by atoms with Crippen molar-refractivity contribution in [2.75, 3.05) is 6.61 Å². The lowest BCUT2D eigenvalue weighted by molar-refractivity contribution is -0.121. The first-order valence-electron chi connectivity index (χ1n) is 8.56. The van der Waals surface area contributed by atoms with E-state index in [4.69, 9.17) is 4.74 Å². The van der Waals surface area contributed by atoms with Crippen LogP contribution in [0.5, 0.6) is 5.75 Å². The van der Waals surface area contributed by atoms with Crippen molar-refractivity contribution in [2.45, 2.75) is 39.7 Å². The van der Waals surface area contributed by atoms with Crippen molar-refractivity contribution in [3.05, 3.63) is 65.2 Å². The smallest absolute Gasteiger partial charge is 0.220 e. The number of nitrogens with one attached hydrogen (secondary N) is 1. The lowest BCUT2D eigenvalue weighted by Gasteiger charge is -2.16. The van der Waals surface area contributed by atoms with E-state index < -0.39 is 0 Å². The maximum atomic E-state index is 12.1. The Bertz CT molecular complexity index is 722. The second kappa shape index (κ2) is 9.02. The number of Topliss-reactive ketones (excluding diaryl/α,β-unsaturated/α-hetero) is 1. The molecule has 0 aromatic heterocycles. The number of ether oxygens (including phenoxy) is 1. The average molecular weight is 339 g/mol. The molecule has 1 N–H and O–H groups in total. The Labute approximate surface area is 149 Å². The van der Waals surface area contributed by atoms with Crippen molar-refractivity contribution in [1.82, 2.24) is 5.32 Å². The molecule has 2 aromatic rings. The molecule has 0 aliphatic carbocycles. The quantitative estimate of drug-likeness (QED) is 0.578. The van der Waals surface area contributed by atoms with Crippen molar-refractivity contribution in [2.24, 2.45) is 0 Å². The van der Waals surface area contributed by atoms with Crippen LogP contribution in [0.15, 0.2) is 48.5 Å². The van der Waals surface area contributed by atoms with Gasteiger partial charge in [-0.3, -0.25) is 9.59 Å². The average Bonchev–Trinajstić information content (AvgIpc) is 2.59. The van der Waals surface area contributed by atoms with E-state index in [1.807, 2.05) is 38.1 Å². The summed E-state index contributed by atoms with van der Waals surface area (Å²) in [7, 11) is 0. The lowest BCUT2D eigenvalue weighted by atomic mass is 10.0. The maximum Gasteiger partial charge on any atom is 0.220 e. The van der Waals surface area contributed by atoms with Gasteiger partial charge in [0, 0.05) is 12.0 Å². The number of hydrogen-bond acceptors (Lipinski definition) is 3. The molecule has 0 bridgehead atoms. The predicted molar refractivity (Wildman–Crippen MR) is 98.9 cm³/mol. The van der Waals surface area contributed by atoms with Crippen LogP contribution in [-0.2, 0) is 4.79 Å². The minimum Gasteiger partial charge on any atom is -0.494 e. The molecule has 0 spiro atoms. The second-order valence-corrected chi connectivity index (χ2v) is 6.18. The first-order valence-corrected chi connectivity index (χ1v) is 8.56. The molecule has 0 heterocycles. The molecule has 1 atom stereocenters. The van der Waals surface area contributed by atoms with Crippen molar-refractivity contribution >= 4 is 11.7 Å². The summed E-state index contributed by atoms with van der Waals surface area (Å²) in [6.45, 7) is 6.04. The molecule has 0 aliphatic rings. The topological polar surface area (TPSA) is 55.4 Å². The first-order chi connectivity index (χ1) is 12.0. The van der Waals surface area contributed by atoms with Crippen LogP contribution in [0, 0.1) is 6.92 Å². The number of aryl methyl sites for hydroxylation is 1. The molecule has 0 fully saturated rings. The molecule has 4 nitrogen and oxygen atoms in total. The highest BCUT2D eigenvalue weighted by molar-refractivity contribution is 5.94. The Kier molecular flexibility index (Phi) is 6.75. The summed E-state index contributed by atoms with van der Waals surface area (Å²) in [5, 5.41) is 3.02. The SMILES string of the molecule is CC(=O)c1ccc(OCCCC(=O)NC(C)c2ccccc2C)cc1. The van der Waals surface area contributed by atoms with Gasteiger partial charge in [-0.05, 0) is 62.6 Å². The molecule has 2 aromatic carbocycles. The van der Waals surface area contributed by atoms with Gasteiger partial charge in [0.15, 0.2) is 5.78 Å². The minimum atomic E-state index is -0.00579. The zero-order valence-corrected chi connectivity index (χ0v) is 15.0. The normalized spacial score (nSPS) is 11.6. The van der Waals surface area contributed by atoms with Gasteiger partial charge in [0.25, 0.3) is 0 Å². The number of benzene rings is 2. The predicted octanol–water partition coefficient (Wildman–Crippen LogP) is 4.23. The highest BCUT2D eigenvalue weighted by Crippen LogP contribution is 2.17. The fourth-order valence-electron chi connectivity index (χ4n) is 2.67. The van der Waals surface area contributed by atoms with Gasteiger partial charge in [-0.1, -0.05) is 24.3 Å². The van der Waals surface area contributed by atoms with Crippen molar-refractivity contribution in [3.8, 4) is 5.75 Å². The van der Waals surface area contributed by atoms with E-state index in [9.17, 15) is 9.59 Å². The maximum absolute atomic E-state index is 12.1. The summed E-state index contributed by atoms with van der Waals surface area (Å²) in [5.41, 5.74) is 2.97. The van der Waals surface area contributed by atoms with E-state index in [-0.39, 0.29) is 17.7 Å². The van der Waals surface area contributed by atoms with Crippen LogP contribution in [0.2, 0.25) is 0 Å². The zero-order chi connectivity index (χ0) is 18.2. The Morgan fingerprint density at radius 2 is 1.76 bits per heavy atom. The molecule has 2 rings (SSSR count). The number of rotatable bonds is 8. The van der Waals surface area contributed by atoms with Gasteiger partial charge < -0.3 is 10.1 Å². The second-order valence-electron chi connectivity index (χ2n) is 6.18. The molecule has 1 unspecified atom stereocenters. The molecule has 1 amide bonds. The molecule has 25 heavy (non-hydrogen) atoms.